The van der Waals surface area contributed by atoms with Gasteiger partial charge in [-0.2, -0.15) is 5.10 Å². The minimum atomic E-state index is 0.561. The number of hydrogen-bond donors (Lipinski definition) is 2. The largest absolute Gasteiger partial charge is 0.266 e. The number of hydrogen-bond acceptors (Lipinski definition) is 5. The first-order chi connectivity index (χ1) is 12.3. The van der Waals surface area contributed by atoms with Crippen LogP contribution in [0.25, 0.3) is 0 Å². The van der Waals surface area contributed by atoms with Crippen LogP contribution in [0.15, 0.2) is 72.0 Å². The van der Waals surface area contributed by atoms with Crippen LogP contribution in [0.5, 0.6) is 0 Å². The fourth-order valence-electron chi connectivity index (χ4n) is 2.72. The maximum Gasteiger partial charge on any atom is 0.178 e. The fourth-order valence-corrected chi connectivity index (χ4v) is 2.96. The quantitative estimate of drug-likeness (QED) is 0.741. The molecule has 0 saturated carbocycles. The molecule has 25 heavy (non-hydrogen) atoms. The number of nitrogens with one attached hydrogen (secondary N) is 2. The Bertz CT molecular complexity index is 875. The van der Waals surface area contributed by atoms with Crippen molar-refractivity contribution in [1.29, 1.82) is 0 Å². The van der Waals surface area contributed by atoms with Crippen LogP contribution in [0.2, 0.25) is 5.15 Å². The van der Waals surface area contributed by atoms with Crippen molar-refractivity contribution < 1.29 is 0 Å². The van der Waals surface area contributed by atoms with Gasteiger partial charge in [0.1, 0.15) is 5.15 Å². The molecule has 7 heteroatoms. The van der Waals surface area contributed by atoms with Gasteiger partial charge in [0.25, 0.3) is 0 Å². The zero-order valence-electron chi connectivity index (χ0n) is 13.4. The Balaban J connectivity index is 1.55. The van der Waals surface area contributed by atoms with Crippen LogP contribution in [-0.2, 0) is 13.1 Å². The summed E-state index contributed by atoms with van der Waals surface area (Å²) in [4.78, 5) is 0. The molecule has 126 valence electrons. The summed E-state index contributed by atoms with van der Waals surface area (Å²) in [6.45, 7) is 1.28. The molecule has 0 saturated heterocycles. The summed E-state index contributed by atoms with van der Waals surface area (Å²) in [5.74, 6) is 0.716. The number of hydrazine groups is 2. The third kappa shape index (κ3) is 3.35. The van der Waals surface area contributed by atoms with Crippen molar-refractivity contribution in [2.75, 3.05) is 0 Å². The van der Waals surface area contributed by atoms with Crippen LogP contribution in [0, 0.1) is 0 Å². The van der Waals surface area contributed by atoms with Crippen molar-refractivity contribution in [2.45, 2.75) is 13.1 Å². The summed E-state index contributed by atoms with van der Waals surface area (Å²) in [7, 11) is 0. The summed E-state index contributed by atoms with van der Waals surface area (Å²) >= 11 is 6.56. The molecule has 4 rings (SSSR count). The number of nitrogens with zero attached hydrogens (tertiary/aromatic N) is 4. The third-order valence-electron chi connectivity index (χ3n) is 3.98. The molecular weight excluding hydrogens is 336 g/mol. The van der Waals surface area contributed by atoms with Gasteiger partial charge in [0.05, 0.1) is 24.8 Å². The Hall–Kier alpha value is -2.83. The lowest BCUT2D eigenvalue weighted by Crippen LogP contribution is -2.40. The SMILES string of the molecule is Clc1c(C2=NNNN2Cc2ccccc2)cnn1Cc1ccccc1. The van der Waals surface area contributed by atoms with Gasteiger partial charge in [0.2, 0.25) is 0 Å². The van der Waals surface area contributed by atoms with Gasteiger partial charge in [-0.3, -0.25) is 5.01 Å². The Morgan fingerprint density at radius 2 is 1.52 bits per heavy atom. The van der Waals surface area contributed by atoms with E-state index in [0.29, 0.717) is 24.1 Å². The smallest absolute Gasteiger partial charge is 0.178 e. The third-order valence-corrected chi connectivity index (χ3v) is 4.38. The van der Waals surface area contributed by atoms with Crippen LogP contribution in [-0.4, -0.2) is 20.6 Å². The molecule has 3 aromatic rings. The maximum absolute atomic E-state index is 6.56. The van der Waals surface area contributed by atoms with Crippen LogP contribution < -0.4 is 11.1 Å². The van der Waals surface area contributed by atoms with E-state index in [1.54, 1.807) is 10.9 Å². The first kappa shape index (κ1) is 15.7. The molecule has 0 aliphatic carbocycles. The van der Waals surface area contributed by atoms with Crippen LogP contribution >= 0.6 is 11.6 Å². The van der Waals surface area contributed by atoms with E-state index in [1.165, 1.54) is 5.56 Å². The Morgan fingerprint density at radius 1 is 0.880 bits per heavy atom. The summed E-state index contributed by atoms with van der Waals surface area (Å²) in [6, 6.07) is 20.3. The second kappa shape index (κ2) is 6.96. The summed E-state index contributed by atoms with van der Waals surface area (Å²) < 4.78 is 1.77. The number of benzene rings is 2. The van der Waals surface area contributed by atoms with Gasteiger partial charge in [-0.15, -0.1) is 10.6 Å². The molecule has 2 N–H and O–H groups in total. The molecule has 1 aliphatic rings. The zero-order valence-corrected chi connectivity index (χ0v) is 14.2. The van der Waals surface area contributed by atoms with Gasteiger partial charge in [-0.05, 0) is 11.1 Å². The van der Waals surface area contributed by atoms with E-state index in [2.05, 4.69) is 45.5 Å². The topological polar surface area (TPSA) is 57.5 Å². The first-order valence-corrected chi connectivity index (χ1v) is 8.34. The Kier molecular flexibility index (Phi) is 4.37. The van der Waals surface area contributed by atoms with E-state index >= 15 is 0 Å². The number of amidine groups is 1. The minimum absolute atomic E-state index is 0.561. The molecule has 6 nitrogen and oxygen atoms in total. The average Bonchev–Trinajstić information content (AvgIpc) is 3.24. The van der Waals surface area contributed by atoms with E-state index < -0.39 is 0 Å². The predicted molar refractivity (Wildman–Crippen MR) is 97.6 cm³/mol. The summed E-state index contributed by atoms with van der Waals surface area (Å²) in [5, 5.41) is 11.2. The Labute approximate surface area is 150 Å². The molecule has 0 bridgehead atoms. The molecule has 2 heterocycles. The molecule has 0 unspecified atom stereocenters. The van der Waals surface area contributed by atoms with Crippen LogP contribution in [0.3, 0.4) is 0 Å². The summed E-state index contributed by atoms with van der Waals surface area (Å²) in [5.41, 5.74) is 8.91. The highest BCUT2D eigenvalue weighted by Crippen LogP contribution is 2.21. The highest BCUT2D eigenvalue weighted by molar-refractivity contribution is 6.33. The van der Waals surface area contributed by atoms with Crippen molar-refractivity contribution in [2.24, 2.45) is 5.10 Å². The first-order valence-electron chi connectivity index (χ1n) is 7.96. The van der Waals surface area contributed by atoms with Gasteiger partial charge in [-0.1, -0.05) is 72.3 Å². The minimum Gasteiger partial charge on any atom is -0.266 e. The molecule has 0 amide bonds. The lowest BCUT2D eigenvalue weighted by Gasteiger charge is -2.18. The number of rotatable bonds is 5. The van der Waals surface area contributed by atoms with E-state index in [9.17, 15) is 0 Å². The fraction of sp³-hybridized carbons (Fsp3) is 0.111. The molecule has 0 spiro atoms. The van der Waals surface area contributed by atoms with E-state index in [1.807, 2.05) is 41.4 Å². The second-order valence-electron chi connectivity index (χ2n) is 5.72. The Morgan fingerprint density at radius 3 is 2.20 bits per heavy atom. The van der Waals surface area contributed by atoms with Crippen molar-refractivity contribution in [1.82, 2.24) is 25.9 Å². The highest BCUT2D eigenvalue weighted by Gasteiger charge is 2.24. The number of hydrazone groups is 1. The summed E-state index contributed by atoms with van der Waals surface area (Å²) in [6.07, 6.45) is 1.75. The second-order valence-corrected chi connectivity index (χ2v) is 6.08. The van der Waals surface area contributed by atoms with Crippen molar-refractivity contribution in [3.63, 3.8) is 0 Å². The lowest BCUT2D eigenvalue weighted by atomic mass is 10.2. The van der Waals surface area contributed by atoms with Gasteiger partial charge >= 0.3 is 0 Å². The predicted octanol–water partition coefficient (Wildman–Crippen LogP) is 2.77. The zero-order chi connectivity index (χ0) is 17.1. The normalized spacial score (nSPS) is 13.6. The van der Waals surface area contributed by atoms with E-state index in [-0.39, 0.29) is 0 Å². The van der Waals surface area contributed by atoms with Gasteiger partial charge in [0, 0.05) is 0 Å². The monoisotopic (exact) mass is 352 g/mol. The molecule has 1 aromatic heterocycles. The standard InChI is InChI=1S/C18H17ClN6/c19-17-16(11-20-24(17)12-14-7-3-1-4-8-14)18-21-22-23-25(18)13-15-9-5-2-6-10-15/h1-11,22-23H,12-13H2. The van der Waals surface area contributed by atoms with Gasteiger partial charge in [0.15, 0.2) is 5.84 Å². The van der Waals surface area contributed by atoms with E-state index in [4.69, 9.17) is 11.6 Å². The molecule has 0 fully saturated rings. The molecule has 0 radical (unpaired) electrons. The molecular formula is C18H17ClN6. The average molecular weight is 353 g/mol. The molecule has 2 aromatic carbocycles. The van der Waals surface area contributed by atoms with Gasteiger partial charge in [-0.25, -0.2) is 10.2 Å². The van der Waals surface area contributed by atoms with Crippen molar-refractivity contribution >= 4 is 17.4 Å². The number of halogens is 1. The number of aromatic nitrogens is 2. The van der Waals surface area contributed by atoms with Gasteiger partial charge < -0.3 is 0 Å². The van der Waals surface area contributed by atoms with Crippen molar-refractivity contribution in [3.05, 3.63) is 88.7 Å². The molecule has 1 aliphatic heterocycles. The van der Waals surface area contributed by atoms with Crippen LogP contribution in [0.1, 0.15) is 16.7 Å². The maximum atomic E-state index is 6.56. The lowest BCUT2D eigenvalue weighted by molar-refractivity contribution is 0.288. The van der Waals surface area contributed by atoms with Crippen molar-refractivity contribution in [3.8, 4) is 0 Å². The molecule has 0 atom stereocenters. The highest BCUT2D eigenvalue weighted by atomic mass is 35.5. The van der Waals surface area contributed by atoms with Crippen LogP contribution in [0.4, 0.5) is 0 Å². The van der Waals surface area contributed by atoms with E-state index in [0.717, 1.165) is 11.1 Å².